The van der Waals surface area contributed by atoms with E-state index in [0.717, 1.165) is 18.7 Å². The Morgan fingerprint density at radius 1 is 1.69 bits per heavy atom. The van der Waals surface area contributed by atoms with Crippen molar-refractivity contribution in [2.24, 2.45) is 0 Å². The van der Waals surface area contributed by atoms with Gasteiger partial charge in [-0.05, 0) is 27.2 Å². The summed E-state index contributed by atoms with van der Waals surface area (Å²) in [6.45, 7) is 8.51. The quantitative estimate of drug-likeness (QED) is 0.621. The molecule has 1 aliphatic heterocycles. The van der Waals surface area contributed by atoms with Crippen LogP contribution in [0.4, 0.5) is 0 Å². The van der Waals surface area contributed by atoms with Gasteiger partial charge in [0.2, 0.25) is 5.91 Å². The number of halogens is 1. The summed E-state index contributed by atoms with van der Waals surface area (Å²) in [6.07, 6.45) is 2.16. The second kappa shape index (κ2) is 5.91. The molecule has 0 aromatic rings. The van der Waals surface area contributed by atoms with Crippen LogP contribution in [-0.4, -0.2) is 31.7 Å². The van der Waals surface area contributed by atoms with Crippen LogP contribution in [0.5, 0.6) is 0 Å². The fourth-order valence-electron chi connectivity index (χ4n) is 1.99. The van der Waals surface area contributed by atoms with Gasteiger partial charge in [-0.1, -0.05) is 13.3 Å². The lowest BCUT2D eigenvalue weighted by atomic mass is 10.0. The van der Waals surface area contributed by atoms with Gasteiger partial charge in [0.05, 0.1) is 5.88 Å². The summed E-state index contributed by atoms with van der Waals surface area (Å²) in [4.78, 5) is 12.2. The Bertz CT molecular complexity index is 260. The van der Waals surface area contributed by atoms with Gasteiger partial charge >= 0.3 is 0 Å². The van der Waals surface area contributed by atoms with Crippen molar-refractivity contribution in [1.29, 1.82) is 0 Å². The minimum absolute atomic E-state index is 0.0111. The maximum Gasteiger partial charge on any atom is 0.239 e. The molecule has 0 saturated carbocycles. The number of hydrogen-bond acceptors (Lipinski definition) is 3. The summed E-state index contributed by atoms with van der Waals surface area (Å²) in [7, 11) is 0. The number of nitrogens with zero attached hydrogens (tertiary/aromatic N) is 1. The summed E-state index contributed by atoms with van der Waals surface area (Å²) in [5, 5.41) is 3.11. The van der Waals surface area contributed by atoms with Crippen LogP contribution in [-0.2, 0) is 4.79 Å². The van der Waals surface area contributed by atoms with Crippen LogP contribution in [0.25, 0.3) is 0 Å². The number of thioether (sulfide) groups is 1. The highest BCUT2D eigenvalue weighted by Crippen LogP contribution is 2.41. The minimum atomic E-state index is -0.0163. The van der Waals surface area contributed by atoms with E-state index in [9.17, 15) is 4.79 Å². The van der Waals surface area contributed by atoms with Gasteiger partial charge in [0, 0.05) is 33.7 Å². The summed E-state index contributed by atoms with van der Waals surface area (Å²) in [5.41, 5.74) is 0. The molecule has 0 aromatic heterocycles. The molecule has 16 heavy (non-hydrogen) atoms. The third kappa shape index (κ3) is 3.50. The molecule has 94 valence electrons. The number of hydrogen-bond donors (Lipinski definition) is 1. The Hall–Kier alpha value is 0.510. The molecule has 5 heteroatoms. The lowest BCUT2D eigenvalue weighted by molar-refractivity contribution is -0.125. The highest BCUT2D eigenvalue weighted by Gasteiger charge is 2.45. The zero-order valence-corrected chi connectivity index (χ0v) is 13.4. The normalized spacial score (nSPS) is 26.7. The Kier molecular flexibility index (Phi) is 5.38. The average Bonchev–Trinajstić information content (AvgIpc) is 2.40. The molecule has 1 unspecified atom stereocenters. The second-order valence-corrected chi connectivity index (χ2v) is 7.72. The fourth-order valence-corrected chi connectivity index (χ4v) is 4.54. The van der Waals surface area contributed by atoms with E-state index in [1.165, 1.54) is 0 Å². The first kappa shape index (κ1) is 14.6. The topological polar surface area (TPSA) is 32.3 Å². The lowest BCUT2D eigenvalue weighted by Gasteiger charge is -2.28. The molecule has 1 amide bonds. The van der Waals surface area contributed by atoms with E-state index in [2.05, 4.69) is 59.0 Å². The van der Waals surface area contributed by atoms with Crippen LogP contribution < -0.4 is 5.32 Å². The molecular weight excluding hydrogens is 335 g/mol. The number of amides is 1. The van der Waals surface area contributed by atoms with E-state index in [4.69, 9.17) is 0 Å². The monoisotopic (exact) mass is 356 g/mol. The Balaban J connectivity index is 2.59. The van der Waals surface area contributed by atoms with Crippen LogP contribution in [0.15, 0.2) is 0 Å². The molecule has 1 heterocycles. The van der Waals surface area contributed by atoms with E-state index in [1.807, 2.05) is 11.8 Å². The molecule has 1 N–H and O–H groups in total. The third-order valence-electron chi connectivity index (χ3n) is 2.86. The summed E-state index contributed by atoms with van der Waals surface area (Å²) >= 11 is 4.10. The molecule has 2 atom stereocenters. The van der Waals surface area contributed by atoms with Crippen molar-refractivity contribution in [3.8, 4) is 0 Å². The van der Waals surface area contributed by atoms with E-state index in [-0.39, 0.29) is 22.7 Å². The van der Waals surface area contributed by atoms with Crippen molar-refractivity contribution in [3.63, 3.8) is 0 Å². The summed E-state index contributed by atoms with van der Waals surface area (Å²) < 4.78 is 2.12. The van der Waals surface area contributed by atoms with Gasteiger partial charge in [0.1, 0.15) is 6.04 Å². The minimum Gasteiger partial charge on any atom is -0.352 e. The van der Waals surface area contributed by atoms with E-state index in [1.54, 1.807) is 0 Å². The summed E-state index contributed by atoms with van der Waals surface area (Å²) in [5.74, 6) is 1.10. The maximum absolute atomic E-state index is 12.2. The number of carbonyl (C=O) groups excluding carboxylic acids is 1. The van der Waals surface area contributed by atoms with Gasteiger partial charge in [0.15, 0.2) is 0 Å². The van der Waals surface area contributed by atoms with Crippen LogP contribution in [0.1, 0.15) is 40.5 Å². The fraction of sp³-hybridized carbons (Fsp3) is 0.909. The molecule has 1 rings (SSSR count). The first-order valence-electron chi connectivity index (χ1n) is 5.75. The van der Waals surface area contributed by atoms with E-state index >= 15 is 0 Å². The molecule has 0 spiro atoms. The Labute approximate surface area is 117 Å². The number of rotatable bonds is 4. The van der Waals surface area contributed by atoms with Crippen molar-refractivity contribution in [3.05, 3.63) is 0 Å². The lowest BCUT2D eigenvalue weighted by Crippen LogP contribution is -2.50. The smallest absolute Gasteiger partial charge is 0.239 e. The molecule has 0 aliphatic carbocycles. The first-order valence-corrected chi connectivity index (χ1v) is 7.70. The standard InChI is InChI=1S/C11H21IN2OS/c1-5-6-8(2)13-10(15)9-11(3,4)16-7-14(9)12/h8-9H,5-7H2,1-4H3,(H,13,15)/t8?,9-/m1/s1. The third-order valence-corrected chi connectivity index (χ3v) is 5.59. The molecule has 0 aromatic carbocycles. The first-order chi connectivity index (χ1) is 7.38. The second-order valence-electron chi connectivity index (χ2n) is 4.88. The molecule has 1 fully saturated rings. The van der Waals surface area contributed by atoms with Crippen LogP contribution in [0, 0.1) is 0 Å². The molecule has 0 bridgehead atoms. The molecule has 0 radical (unpaired) electrons. The van der Waals surface area contributed by atoms with E-state index < -0.39 is 0 Å². The van der Waals surface area contributed by atoms with Gasteiger partial charge in [-0.15, -0.1) is 11.8 Å². The van der Waals surface area contributed by atoms with Gasteiger partial charge in [0.25, 0.3) is 0 Å². The van der Waals surface area contributed by atoms with Crippen LogP contribution in [0.2, 0.25) is 0 Å². The average molecular weight is 356 g/mol. The molecule has 1 aliphatic rings. The Morgan fingerprint density at radius 3 is 2.75 bits per heavy atom. The maximum atomic E-state index is 12.2. The highest BCUT2D eigenvalue weighted by atomic mass is 127. The highest BCUT2D eigenvalue weighted by molar-refractivity contribution is 14.1. The van der Waals surface area contributed by atoms with Gasteiger partial charge in [-0.2, -0.15) is 0 Å². The van der Waals surface area contributed by atoms with Gasteiger partial charge in [-0.25, -0.2) is 3.11 Å². The number of carbonyl (C=O) groups is 1. The van der Waals surface area contributed by atoms with Crippen LogP contribution >= 0.6 is 34.6 Å². The Morgan fingerprint density at radius 2 is 2.31 bits per heavy atom. The summed E-state index contributed by atoms with van der Waals surface area (Å²) in [6, 6.07) is 0.265. The zero-order chi connectivity index (χ0) is 12.3. The predicted molar refractivity (Wildman–Crippen MR) is 78.7 cm³/mol. The number of nitrogens with one attached hydrogen (secondary N) is 1. The molecular formula is C11H21IN2OS. The van der Waals surface area contributed by atoms with Crippen molar-refractivity contribution < 1.29 is 4.79 Å². The van der Waals surface area contributed by atoms with Gasteiger partial charge in [-0.3, -0.25) is 4.79 Å². The largest absolute Gasteiger partial charge is 0.352 e. The van der Waals surface area contributed by atoms with Gasteiger partial charge < -0.3 is 5.32 Å². The van der Waals surface area contributed by atoms with Crippen molar-refractivity contribution in [1.82, 2.24) is 8.43 Å². The van der Waals surface area contributed by atoms with Crippen molar-refractivity contribution in [2.75, 3.05) is 5.88 Å². The SMILES string of the molecule is CCCC(C)NC(=O)[C@H]1N(I)CSC1(C)C. The zero-order valence-electron chi connectivity index (χ0n) is 10.4. The van der Waals surface area contributed by atoms with Crippen molar-refractivity contribution in [2.45, 2.75) is 57.4 Å². The predicted octanol–water partition coefficient (Wildman–Crippen LogP) is 2.79. The molecule has 1 saturated heterocycles. The van der Waals surface area contributed by atoms with E-state index in [0.29, 0.717) is 0 Å². The molecule has 3 nitrogen and oxygen atoms in total. The van der Waals surface area contributed by atoms with Crippen molar-refractivity contribution >= 4 is 40.5 Å². The van der Waals surface area contributed by atoms with Crippen LogP contribution in [0.3, 0.4) is 0 Å².